The summed E-state index contributed by atoms with van der Waals surface area (Å²) in [6.45, 7) is 2.08. The van der Waals surface area contributed by atoms with Crippen LogP contribution in [0.1, 0.15) is 19.8 Å². The second kappa shape index (κ2) is 3.22. The highest BCUT2D eigenvalue weighted by molar-refractivity contribution is 5.73. The second-order valence-corrected chi connectivity index (χ2v) is 3.26. The Kier molecular flexibility index (Phi) is 2.49. The average molecular weight is 157 g/mol. The molecule has 0 aromatic heterocycles. The van der Waals surface area contributed by atoms with Crippen LogP contribution >= 0.6 is 0 Å². The van der Waals surface area contributed by atoms with Crippen LogP contribution in [0.4, 0.5) is 0 Å². The summed E-state index contributed by atoms with van der Waals surface area (Å²) < 4.78 is 4.63. The number of methoxy groups -OCH3 is 1. The lowest BCUT2D eigenvalue weighted by atomic mass is 10.0. The number of hydrogen-bond donors (Lipinski definition) is 1. The summed E-state index contributed by atoms with van der Waals surface area (Å²) in [5.74, 6) is 0.246. The largest absolute Gasteiger partial charge is 0.469 e. The van der Waals surface area contributed by atoms with Crippen LogP contribution in [0.15, 0.2) is 0 Å². The van der Waals surface area contributed by atoms with Gasteiger partial charge in [-0.25, -0.2) is 0 Å². The van der Waals surface area contributed by atoms with Crippen molar-refractivity contribution in [3.05, 3.63) is 0 Å². The molecule has 0 aromatic rings. The van der Waals surface area contributed by atoms with Gasteiger partial charge in [0.25, 0.3) is 0 Å². The summed E-state index contributed by atoms with van der Waals surface area (Å²) in [6.07, 6.45) is 1.93. The number of ether oxygens (including phenoxy) is 1. The highest BCUT2D eigenvalue weighted by Gasteiger charge is 2.35. The van der Waals surface area contributed by atoms with Gasteiger partial charge in [0.2, 0.25) is 0 Å². The van der Waals surface area contributed by atoms with E-state index in [1.807, 2.05) is 0 Å². The molecule has 2 N–H and O–H groups in total. The van der Waals surface area contributed by atoms with E-state index < -0.39 is 0 Å². The SMILES string of the molecule is COC(=O)[C@H]1CC[C@@H](C)[C@@H]1N. The number of nitrogens with two attached hydrogens (primary N) is 1. The predicted molar refractivity (Wildman–Crippen MR) is 41.9 cm³/mol. The lowest BCUT2D eigenvalue weighted by Crippen LogP contribution is -2.35. The van der Waals surface area contributed by atoms with Gasteiger partial charge in [-0.2, -0.15) is 0 Å². The minimum atomic E-state index is -0.151. The van der Waals surface area contributed by atoms with Gasteiger partial charge in [0, 0.05) is 6.04 Å². The first-order valence-electron chi connectivity index (χ1n) is 4.00. The zero-order valence-corrected chi connectivity index (χ0v) is 7.04. The maximum Gasteiger partial charge on any atom is 0.310 e. The zero-order valence-electron chi connectivity index (χ0n) is 7.04. The highest BCUT2D eigenvalue weighted by atomic mass is 16.5. The molecular weight excluding hydrogens is 142 g/mol. The van der Waals surface area contributed by atoms with E-state index >= 15 is 0 Å². The van der Waals surface area contributed by atoms with Gasteiger partial charge in [0.05, 0.1) is 13.0 Å². The Morgan fingerprint density at radius 3 is 2.55 bits per heavy atom. The number of carbonyl (C=O) groups excluding carboxylic acids is 1. The number of carbonyl (C=O) groups is 1. The van der Waals surface area contributed by atoms with Crippen LogP contribution in [0.5, 0.6) is 0 Å². The molecule has 64 valence electrons. The minimum Gasteiger partial charge on any atom is -0.469 e. The average Bonchev–Trinajstić information content (AvgIpc) is 2.32. The molecule has 0 spiro atoms. The Labute approximate surface area is 66.9 Å². The topological polar surface area (TPSA) is 52.3 Å². The first-order valence-corrected chi connectivity index (χ1v) is 4.00. The molecule has 0 unspecified atom stereocenters. The van der Waals surface area contributed by atoms with E-state index in [2.05, 4.69) is 11.7 Å². The maximum atomic E-state index is 11.1. The first-order chi connectivity index (χ1) is 5.16. The van der Waals surface area contributed by atoms with Crippen LogP contribution in [0.2, 0.25) is 0 Å². The van der Waals surface area contributed by atoms with Crippen molar-refractivity contribution in [2.24, 2.45) is 17.6 Å². The molecule has 1 fully saturated rings. The summed E-state index contributed by atoms with van der Waals surface area (Å²) >= 11 is 0. The van der Waals surface area contributed by atoms with Gasteiger partial charge in [-0.1, -0.05) is 6.92 Å². The standard InChI is InChI=1S/C8H15NO2/c1-5-3-4-6(7(5)9)8(10)11-2/h5-7H,3-4,9H2,1-2H3/t5-,6+,7+/m1/s1. The van der Waals surface area contributed by atoms with Gasteiger partial charge >= 0.3 is 5.97 Å². The van der Waals surface area contributed by atoms with Crippen molar-refractivity contribution in [2.75, 3.05) is 7.11 Å². The van der Waals surface area contributed by atoms with Crippen molar-refractivity contribution < 1.29 is 9.53 Å². The molecule has 0 heterocycles. The quantitative estimate of drug-likeness (QED) is 0.565. The highest BCUT2D eigenvalue weighted by Crippen LogP contribution is 2.29. The Bertz CT molecular complexity index is 158. The summed E-state index contributed by atoms with van der Waals surface area (Å²) in [5, 5.41) is 0. The molecule has 0 amide bonds. The lowest BCUT2D eigenvalue weighted by Gasteiger charge is -2.15. The molecule has 0 aliphatic heterocycles. The van der Waals surface area contributed by atoms with Gasteiger partial charge in [0.1, 0.15) is 0 Å². The van der Waals surface area contributed by atoms with Crippen LogP contribution in [-0.2, 0) is 9.53 Å². The van der Waals surface area contributed by atoms with Gasteiger partial charge in [-0.05, 0) is 18.8 Å². The molecule has 0 aromatic carbocycles. The van der Waals surface area contributed by atoms with Crippen molar-refractivity contribution in [2.45, 2.75) is 25.8 Å². The smallest absolute Gasteiger partial charge is 0.310 e. The molecule has 3 heteroatoms. The fourth-order valence-corrected chi connectivity index (χ4v) is 1.65. The van der Waals surface area contributed by atoms with Crippen LogP contribution in [0.3, 0.4) is 0 Å². The van der Waals surface area contributed by atoms with Crippen LogP contribution in [0, 0.1) is 11.8 Å². The third-order valence-corrected chi connectivity index (χ3v) is 2.56. The number of esters is 1. The fraction of sp³-hybridized carbons (Fsp3) is 0.875. The second-order valence-electron chi connectivity index (χ2n) is 3.26. The Balaban J connectivity index is 2.54. The van der Waals surface area contributed by atoms with E-state index in [-0.39, 0.29) is 17.9 Å². The van der Waals surface area contributed by atoms with Gasteiger partial charge in [0.15, 0.2) is 0 Å². The van der Waals surface area contributed by atoms with Crippen molar-refractivity contribution in [3.8, 4) is 0 Å². The molecule has 1 saturated carbocycles. The third kappa shape index (κ3) is 1.53. The predicted octanol–water partition coefficient (Wildman–Crippen LogP) is 0.533. The van der Waals surface area contributed by atoms with Crippen LogP contribution < -0.4 is 5.73 Å². The Hall–Kier alpha value is -0.570. The molecular formula is C8H15NO2. The van der Waals surface area contributed by atoms with Crippen molar-refractivity contribution >= 4 is 5.97 Å². The fourth-order valence-electron chi connectivity index (χ4n) is 1.65. The minimum absolute atomic E-state index is 0.00227. The Morgan fingerprint density at radius 2 is 2.18 bits per heavy atom. The van der Waals surface area contributed by atoms with Gasteiger partial charge in [-0.3, -0.25) is 4.79 Å². The number of rotatable bonds is 1. The normalized spacial score (nSPS) is 37.2. The van der Waals surface area contributed by atoms with Crippen molar-refractivity contribution in [1.82, 2.24) is 0 Å². The van der Waals surface area contributed by atoms with E-state index in [0.29, 0.717) is 5.92 Å². The van der Waals surface area contributed by atoms with E-state index in [4.69, 9.17) is 5.73 Å². The summed E-state index contributed by atoms with van der Waals surface area (Å²) in [5.41, 5.74) is 5.80. The molecule has 1 aliphatic carbocycles. The van der Waals surface area contributed by atoms with E-state index in [0.717, 1.165) is 12.8 Å². The van der Waals surface area contributed by atoms with Crippen LogP contribution in [-0.4, -0.2) is 19.1 Å². The summed E-state index contributed by atoms with van der Waals surface area (Å²) in [4.78, 5) is 11.1. The molecule has 1 rings (SSSR count). The van der Waals surface area contributed by atoms with Crippen molar-refractivity contribution in [1.29, 1.82) is 0 Å². The molecule has 3 atom stereocenters. The third-order valence-electron chi connectivity index (χ3n) is 2.56. The van der Waals surface area contributed by atoms with Gasteiger partial charge < -0.3 is 10.5 Å². The maximum absolute atomic E-state index is 11.1. The van der Waals surface area contributed by atoms with E-state index in [1.165, 1.54) is 7.11 Å². The van der Waals surface area contributed by atoms with E-state index in [9.17, 15) is 4.79 Å². The monoisotopic (exact) mass is 157 g/mol. The van der Waals surface area contributed by atoms with E-state index in [1.54, 1.807) is 0 Å². The zero-order chi connectivity index (χ0) is 8.43. The van der Waals surface area contributed by atoms with Crippen molar-refractivity contribution in [3.63, 3.8) is 0 Å². The first kappa shape index (κ1) is 8.53. The molecule has 0 radical (unpaired) electrons. The lowest BCUT2D eigenvalue weighted by molar-refractivity contribution is -0.145. The summed E-state index contributed by atoms with van der Waals surface area (Å²) in [7, 11) is 1.41. The molecule has 3 nitrogen and oxygen atoms in total. The summed E-state index contributed by atoms with van der Waals surface area (Å²) in [6, 6.07) is 0.00227. The molecule has 0 saturated heterocycles. The number of hydrogen-bond acceptors (Lipinski definition) is 3. The van der Waals surface area contributed by atoms with Crippen LogP contribution in [0.25, 0.3) is 0 Å². The Morgan fingerprint density at radius 1 is 1.55 bits per heavy atom. The molecule has 0 bridgehead atoms. The molecule has 1 aliphatic rings. The molecule has 11 heavy (non-hydrogen) atoms. The van der Waals surface area contributed by atoms with Gasteiger partial charge in [-0.15, -0.1) is 0 Å².